The topological polar surface area (TPSA) is 40.5 Å². The van der Waals surface area contributed by atoms with Crippen LogP contribution in [0.5, 0.6) is 0 Å². The van der Waals surface area contributed by atoms with Crippen LogP contribution in [-0.4, -0.2) is 23.0 Å². The number of hydrogen-bond acceptors (Lipinski definition) is 3. The SMILES string of the molecule is CN(Cc1ccsc1)Cc1cccc(C=CC(=O)O)c1. The first-order chi connectivity index (χ1) is 9.63. The van der Waals surface area contributed by atoms with Gasteiger partial charge in [-0.3, -0.25) is 4.90 Å². The Labute approximate surface area is 122 Å². The zero-order chi connectivity index (χ0) is 14.4. The summed E-state index contributed by atoms with van der Waals surface area (Å²) >= 11 is 1.71. The minimum absolute atomic E-state index is 0.838. The van der Waals surface area contributed by atoms with Gasteiger partial charge in [-0.15, -0.1) is 0 Å². The van der Waals surface area contributed by atoms with Crippen molar-refractivity contribution in [2.45, 2.75) is 13.1 Å². The predicted molar refractivity (Wildman–Crippen MR) is 82.6 cm³/mol. The maximum atomic E-state index is 10.5. The molecule has 0 atom stereocenters. The maximum absolute atomic E-state index is 10.5. The minimum atomic E-state index is -0.926. The van der Waals surface area contributed by atoms with Crippen molar-refractivity contribution in [2.75, 3.05) is 7.05 Å². The summed E-state index contributed by atoms with van der Waals surface area (Å²) in [6, 6.07) is 10.1. The molecule has 0 radical (unpaired) electrons. The molecule has 1 aromatic heterocycles. The Kier molecular flexibility index (Phi) is 5.09. The molecule has 2 aromatic rings. The van der Waals surface area contributed by atoms with Crippen LogP contribution in [0, 0.1) is 0 Å². The zero-order valence-electron chi connectivity index (χ0n) is 11.3. The highest BCUT2D eigenvalue weighted by molar-refractivity contribution is 7.07. The molecule has 0 bridgehead atoms. The summed E-state index contributed by atoms with van der Waals surface area (Å²) in [4.78, 5) is 12.8. The Bertz CT molecular complexity index is 590. The summed E-state index contributed by atoms with van der Waals surface area (Å²) in [6.07, 6.45) is 2.78. The van der Waals surface area contributed by atoms with Crippen LogP contribution in [0.3, 0.4) is 0 Å². The number of hydrogen-bond donors (Lipinski definition) is 1. The van der Waals surface area contributed by atoms with Crippen LogP contribution in [0.1, 0.15) is 16.7 Å². The van der Waals surface area contributed by atoms with E-state index in [4.69, 9.17) is 5.11 Å². The van der Waals surface area contributed by atoms with Gasteiger partial charge in [-0.1, -0.05) is 24.3 Å². The Balaban J connectivity index is 1.98. The lowest BCUT2D eigenvalue weighted by Crippen LogP contribution is -2.16. The molecule has 0 aliphatic carbocycles. The van der Waals surface area contributed by atoms with Crippen molar-refractivity contribution in [1.29, 1.82) is 0 Å². The summed E-state index contributed by atoms with van der Waals surface area (Å²) in [5.74, 6) is -0.926. The third-order valence-electron chi connectivity index (χ3n) is 2.85. The molecule has 0 saturated heterocycles. The third-order valence-corrected chi connectivity index (χ3v) is 3.59. The van der Waals surface area contributed by atoms with E-state index in [1.807, 2.05) is 18.2 Å². The number of carboxylic acid groups (broad SMARTS) is 1. The van der Waals surface area contributed by atoms with Gasteiger partial charge >= 0.3 is 5.97 Å². The molecule has 2 rings (SSSR count). The molecule has 0 unspecified atom stereocenters. The fourth-order valence-corrected chi connectivity index (χ4v) is 2.68. The van der Waals surface area contributed by atoms with Crippen molar-refractivity contribution in [2.24, 2.45) is 0 Å². The maximum Gasteiger partial charge on any atom is 0.328 e. The molecule has 0 aliphatic rings. The van der Waals surface area contributed by atoms with Gasteiger partial charge in [-0.05, 0) is 46.6 Å². The zero-order valence-corrected chi connectivity index (χ0v) is 12.1. The molecular formula is C16H17NO2S. The number of aliphatic carboxylic acids is 1. The van der Waals surface area contributed by atoms with E-state index in [0.29, 0.717) is 0 Å². The van der Waals surface area contributed by atoms with Crippen LogP contribution in [0.15, 0.2) is 47.2 Å². The fourth-order valence-electron chi connectivity index (χ4n) is 2.02. The van der Waals surface area contributed by atoms with Gasteiger partial charge in [0.05, 0.1) is 0 Å². The normalized spacial score (nSPS) is 11.3. The molecule has 0 aliphatic heterocycles. The number of carbonyl (C=O) groups is 1. The summed E-state index contributed by atoms with van der Waals surface area (Å²) in [5.41, 5.74) is 3.41. The van der Waals surface area contributed by atoms with E-state index in [-0.39, 0.29) is 0 Å². The smallest absolute Gasteiger partial charge is 0.328 e. The van der Waals surface area contributed by atoms with Gasteiger partial charge in [0.25, 0.3) is 0 Å². The molecule has 4 heteroatoms. The monoisotopic (exact) mass is 287 g/mol. The molecule has 0 saturated carbocycles. The molecule has 1 heterocycles. The lowest BCUT2D eigenvalue weighted by Gasteiger charge is -2.16. The Morgan fingerprint density at radius 1 is 1.30 bits per heavy atom. The highest BCUT2D eigenvalue weighted by Gasteiger charge is 2.02. The molecule has 0 spiro atoms. The number of thiophene rings is 1. The number of nitrogens with zero attached hydrogens (tertiary/aromatic N) is 1. The molecule has 104 valence electrons. The highest BCUT2D eigenvalue weighted by Crippen LogP contribution is 2.13. The molecule has 1 aromatic carbocycles. The summed E-state index contributed by atoms with van der Waals surface area (Å²) < 4.78 is 0. The van der Waals surface area contributed by atoms with Crippen LogP contribution in [0.25, 0.3) is 6.08 Å². The molecule has 20 heavy (non-hydrogen) atoms. The van der Waals surface area contributed by atoms with Gasteiger partial charge in [0.1, 0.15) is 0 Å². The van der Waals surface area contributed by atoms with E-state index in [2.05, 4.69) is 34.8 Å². The van der Waals surface area contributed by atoms with Crippen molar-refractivity contribution in [3.05, 3.63) is 63.9 Å². The first kappa shape index (κ1) is 14.5. The largest absolute Gasteiger partial charge is 0.478 e. The molecular weight excluding hydrogens is 270 g/mol. The van der Waals surface area contributed by atoms with Crippen molar-refractivity contribution in [1.82, 2.24) is 4.90 Å². The van der Waals surface area contributed by atoms with Crippen LogP contribution in [-0.2, 0) is 17.9 Å². The lowest BCUT2D eigenvalue weighted by atomic mass is 10.1. The second kappa shape index (κ2) is 7.03. The molecule has 1 N–H and O–H groups in total. The fraction of sp³-hybridized carbons (Fsp3) is 0.188. The van der Waals surface area contributed by atoms with E-state index in [1.54, 1.807) is 17.4 Å². The highest BCUT2D eigenvalue weighted by atomic mass is 32.1. The first-order valence-electron chi connectivity index (χ1n) is 6.33. The van der Waals surface area contributed by atoms with Crippen LogP contribution < -0.4 is 0 Å². The molecule has 0 fully saturated rings. The van der Waals surface area contributed by atoms with E-state index >= 15 is 0 Å². The predicted octanol–water partition coefficient (Wildman–Crippen LogP) is 3.48. The molecule has 3 nitrogen and oxygen atoms in total. The second-order valence-electron chi connectivity index (χ2n) is 4.72. The summed E-state index contributed by atoms with van der Waals surface area (Å²) in [6.45, 7) is 1.75. The standard InChI is InChI=1S/C16H17NO2S/c1-17(11-15-7-8-20-12-15)10-14-4-2-3-13(9-14)5-6-16(18)19/h2-9,12H,10-11H2,1H3,(H,18,19). The Morgan fingerprint density at radius 3 is 2.80 bits per heavy atom. The van der Waals surface area contributed by atoms with Gasteiger partial charge < -0.3 is 5.11 Å². The van der Waals surface area contributed by atoms with Crippen molar-refractivity contribution >= 4 is 23.4 Å². The van der Waals surface area contributed by atoms with Crippen LogP contribution in [0.2, 0.25) is 0 Å². The van der Waals surface area contributed by atoms with Crippen LogP contribution >= 0.6 is 11.3 Å². The van der Waals surface area contributed by atoms with Gasteiger partial charge in [-0.2, -0.15) is 11.3 Å². The van der Waals surface area contributed by atoms with Crippen molar-refractivity contribution in [3.8, 4) is 0 Å². The quantitative estimate of drug-likeness (QED) is 0.827. The number of rotatable bonds is 6. The van der Waals surface area contributed by atoms with E-state index < -0.39 is 5.97 Å². The van der Waals surface area contributed by atoms with Gasteiger partial charge in [0, 0.05) is 19.2 Å². The van der Waals surface area contributed by atoms with E-state index in [0.717, 1.165) is 24.7 Å². The first-order valence-corrected chi connectivity index (χ1v) is 7.27. The minimum Gasteiger partial charge on any atom is -0.478 e. The van der Waals surface area contributed by atoms with Crippen molar-refractivity contribution < 1.29 is 9.90 Å². The second-order valence-corrected chi connectivity index (χ2v) is 5.50. The van der Waals surface area contributed by atoms with Crippen LogP contribution in [0.4, 0.5) is 0 Å². The number of carboxylic acids is 1. The van der Waals surface area contributed by atoms with Gasteiger partial charge in [0.2, 0.25) is 0 Å². The third kappa shape index (κ3) is 4.64. The molecule has 0 amide bonds. The summed E-state index contributed by atoms with van der Waals surface area (Å²) in [5, 5.41) is 12.9. The Morgan fingerprint density at radius 2 is 2.10 bits per heavy atom. The van der Waals surface area contributed by atoms with Gasteiger partial charge in [0.15, 0.2) is 0 Å². The summed E-state index contributed by atoms with van der Waals surface area (Å²) in [7, 11) is 2.08. The lowest BCUT2D eigenvalue weighted by molar-refractivity contribution is -0.131. The average Bonchev–Trinajstić information content (AvgIpc) is 2.89. The van der Waals surface area contributed by atoms with Crippen molar-refractivity contribution in [3.63, 3.8) is 0 Å². The number of benzene rings is 1. The van der Waals surface area contributed by atoms with E-state index in [1.165, 1.54) is 11.1 Å². The van der Waals surface area contributed by atoms with Gasteiger partial charge in [-0.25, -0.2) is 4.79 Å². The van der Waals surface area contributed by atoms with E-state index in [9.17, 15) is 4.79 Å². The Hall–Kier alpha value is -1.91. The average molecular weight is 287 g/mol.